The van der Waals surface area contributed by atoms with Crippen LogP contribution in [0.15, 0.2) is 24.3 Å². The number of aliphatic hydroxyl groups excluding tert-OH is 1. The van der Waals surface area contributed by atoms with Crippen LogP contribution in [-0.4, -0.2) is 96.7 Å². The monoisotopic (exact) mass is 1420 g/mol. The van der Waals surface area contributed by atoms with Crippen molar-refractivity contribution in [2.45, 2.75) is 394 Å². The summed E-state index contributed by atoms with van der Waals surface area (Å²) in [5.74, 6) is 0.206. The topological polar surface area (TPSA) is 237 Å². The average molecular weight is 1420 g/mol. The molecule has 17 nitrogen and oxygen atoms in total. The Hall–Kier alpha value is -2.46. The van der Waals surface area contributed by atoms with E-state index in [0.717, 1.165) is 121 Å². The third-order valence-electron chi connectivity index (χ3n) is 18.2. The molecule has 19 heteroatoms. The van der Waals surface area contributed by atoms with Gasteiger partial charge in [0.15, 0.2) is 12.2 Å². The molecular formula is C78H148O17P2. The molecule has 7 atom stereocenters. The Bertz CT molecular complexity index is 1990. The lowest BCUT2D eigenvalue weighted by Crippen LogP contribution is -2.30. The third-order valence-corrected chi connectivity index (χ3v) is 20.1. The largest absolute Gasteiger partial charge is 0.472 e. The van der Waals surface area contributed by atoms with Crippen LogP contribution in [0.1, 0.15) is 376 Å². The number of carbonyl (C=O) groups excluding carboxylic acids is 4. The molecule has 0 bridgehead atoms. The summed E-state index contributed by atoms with van der Waals surface area (Å²) < 4.78 is 68.5. The van der Waals surface area contributed by atoms with E-state index in [1.165, 1.54) is 167 Å². The van der Waals surface area contributed by atoms with E-state index in [0.29, 0.717) is 31.6 Å². The van der Waals surface area contributed by atoms with Gasteiger partial charge in [0.05, 0.1) is 26.4 Å². The van der Waals surface area contributed by atoms with Gasteiger partial charge in [-0.05, 0) is 69.1 Å². The predicted molar refractivity (Wildman–Crippen MR) is 395 cm³/mol. The van der Waals surface area contributed by atoms with Crippen molar-refractivity contribution in [3.63, 3.8) is 0 Å². The highest BCUT2D eigenvalue weighted by Crippen LogP contribution is 2.45. The van der Waals surface area contributed by atoms with Crippen LogP contribution < -0.4 is 0 Å². The van der Waals surface area contributed by atoms with Gasteiger partial charge in [-0.25, -0.2) is 9.13 Å². The van der Waals surface area contributed by atoms with Gasteiger partial charge in [0.25, 0.3) is 0 Å². The zero-order valence-corrected chi connectivity index (χ0v) is 64.8. The predicted octanol–water partition coefficient (Wildman–Crippen LogP) is 22.5. The van der Waals surface area contributed by atoms with Crippen LogP contribution in [0.25, 0.3) is 0 Å². The van der Waals surface area contributed by atoms with Gasteiger partial charge in [0.1, 0.15) is 19.3 Å². The van der Waals surface area contributed by atoms with Crippen molar-refractivity contribution in [1.29, 1.82) is 0 Å². The molecule has 0 aromatic rings. The van der Waals surface area contributed by atoms with E-state index in [1.54, 1.807) is 0 Å². The van der Waals surface area contributed by atoms with E-state index < -0.39 is 97.5 Å². The lowest BCUT2D eigenvalue weighted by molar-refractivity contribution is -0.161. The number of rotatable bonds is 74. The summed E-state index contributed by atoms with van der Waals surface area (Å²) >= 11 is 0. The van der Waals surface area contributed by atoms with Crippen molar-refractivity contribution in [1.82, 2.24) is 0 Å². The van der Waals surface area contributed by atoms with Gasteiger partial charge < -0.3 is 33.8 Å². The Morgan fingerprint density at radius 3 is 0.918 bits per heavy atom. The third kappa shape index (κ3) is 69.1. The molecule has 0 aromatic carbocycles. The number of aliphatic hydroxyl groups is 1. The van der Waals surface area contributed by atoms with Gasteiger partial charge in [-0.1, -0.05) is 323 Å². The molecule has 97 heavy (non-hydrogen) atoms. The molecule has 0 aliphatic heterocycles. The summed E-state index contributed by atoms with van der Waals surface area (Å²) in [6.45, 7) is 11.9. The number of carbonyl (C=O) groups is 4. The highest BCUT2D eigenvalue weighted by molar-refractivity contribution is 7.47. The lowest BCUT2D eigenvalue weighted by atomic mass is 9.99. The first kappa shape index (κ1) is 94.5. The maximum absolute atomic E-state index is 13.1. The molecule has 5 unspecified atom stereocenters. The number of ether oxygens (including phenoxy) is 4. The summed E-state index contributed by atoms with van der Waals surface area (Å²) in [7, 11) is -9.93. The van der Waals surface area contributed by atoms with Crippen molar-refractivity contribution in [3.05, 3.63) is 24.3 Å². The van der Waals surface area contributed by atoms with Crippen molar-refractivity contribution in [2.75, 3.05) is 39.6 Å². The van der Waals surface area contributed by atoms with Crippen LogP contribution >= 0.6 is 15.6 Å². The van der Waals surface area contributed by atoms with E-state index in [2.05, 4.69) is 72.8 Å². The molecular weight excluding hydrogens is 1270 g/mol. The first-order valence-electron chi connectivity index (χ1n) is 39.7. The zero-order valence-electron chi connectivity index (χ0n) is 63.0. The van der Waals surface area contributed by atoms with Crippen LogP contribution in [0, 0.1) is 17.8 Å². The molecule has 3 N–H and O–H groups in total. The minimum absolute atomic E-state index is 0.0849. The molecule has 0 rings (SSSR count). The molecule has 572 valence electrons. The molecule has 0 aromatic heterocycles. The van der Waals surface area contributed by atoms with Gasteiger partial charge in [0, 0.05) is 25.7 Å². The van der Waals surface area contributed by atoms with Crippen LogP contribution in [-0.2, 0) is 65.4 Å². The van der Waals surface area contributed by atoms with Gasteiger partial charge in [-0.2, -0.15) is 0 Å². The van der Waals surface area contributed by atoms with E-state index in [1.807, 2.05) is 0 Å². The van der Waals surface area contributed by atoms with Gasteiger partial charge in [-0.3, -0.25) is 37.3 Å². The van der Waals surface area contributed by atoms with Crippen LogP contribution in [0.4, 0.5) is 0 Å². The van der Waals surface area contributed by atoms with E-state index in [9.17, 15) is 43.2 Å². The Kier molecular flexibility index (Phi) is 66.3. The molecule has 0 amide bonds. The number of hydrogen-bond donors (Lipinski definition) is 3. The standard InChI is InChI=1S/C78H148O17P2/c1-8-11-12-13-14-15-16-17-18-23-26-32-39-47-54-61-77(82)94-73(65-88-75(80)59-52-45-38-31-25-22-20-19-21-24-29-36-43-50-57-70(6)9-2)67-92-96(84,85)90-63-72(79)64-91-97(86,87)93-68-74(66-89-76(81)60-53-46-41-34-35-42-49-56-69(4)5)95-78(83)62-55-48-40-33-28-27-30-37-44-51-58-71(7)10-3/h15-18,69-74,79H,8-14,19-68H2,1-7H3,(H,84,85)(H,86,87)/b16-15-,18-17-/t70?,71?,72?,73-,74-/m1/s1. The number of hydrogen-bond acceptors (Lipinski definition) is 15. The normalized spacial score (nSPS) is 14.8. The van der Waals surface area contributed by atoms with E-state index in [4.69, 9.17) is 37.0 Å². The molecule has 0 saturated heterocycles. The molecule has 0 saturated carbocycles. The number of phosphoric ester groups is 2. The Morgan fingerprint density at radius 1 is 0.340 bits per heavy atom. The fraction of sp³-hybridized carbons (Fsp3) is 0.897. The first-order valence-corrected chi connectivity index (χ1v) is 42.7. The fourth-order valence-corrected chi connectivity index (χ4v) is 12.9. The quantitative estimate of drug-likeness (QED) is 0.0169. The highest BCUT2D eigenvalue weighted by Gasteiger charge is 2.30. The zero-order chi connectivity index (χ0) is 71.6. The smallest absolute Gasteiger partial charge is 0.462 e. The Labute approximate surface area is 592 Å². The van der Waals surface area contributed by atoms with Crippen LogP contribution in [0.2, 0.25) is 0 Å². The van der Waals surface area contributed by atoms with E-state index >= 15 is 0 Å². The van der Waals surface area contributed by atoms with E-state index in [-0.39, 0.29) is 25.7 Å². The number of esters is 4. The number of phosphoric acid groups is 2. The average Bonchev–Trinajstić information content (AvgIpc) is 1.38. The molecule has 0 radical (unpaired) electrons. The summed E-state index contributed by atoms with van der Waals surface area (Å²) in [5, 5.41) is 10.6. The number of allylic oxidation sites excluding steroid dienone is 4. The van der Waals surface area contributed by atoms with Crippen LogP contribution in [0.5, 0.6) is 0 Å². The van der Waals surface area contributed by atoms with Crippen molar-refractivity contribution < 1.29 is 80.2 Å². The fourth-order valence-electron chi connectivity index (χ4n) is 11.4. The summed E-state index contributed by atoms with van der Waals surface area (Å²) in [5.41, 5.74) is 0. The van der Waals surface area contributed by atoms with Gasteiger partial charge in [-0.15, -0.1) is 0 Å². The van der Waals surface area contributed by atoms with Gasteiger partial charge >= 0.3 is 39.5 Å². The lowest BCUT2D eigenvalue weighted by Gasteiger charge is -2.21. The van der Waals surface area contributed by atoms with Crippen molar-refractivity contribution in [3.8, 4) is 0 Å². The minimum Gasteiger partial charge on any atom is -0.462 e. The molecule has 0 fully saturated rings. The SMILES string of the molecule is CCCCCC/C=C\C=C/CCCCCCCC(=O)O[C@H](COC(=O)CCCCCCCCCCCCCCCCC(C)CC)COP(=O)(O)OCC(O)COP(=O)(O)OC[C@@H](COC(=O)CCCCCCCCCC(C)C)OC(=O)CCCCCCCCCCCCC(C)CC. The minimum atomic E-state index is -4.97. The maximum Gasteiger partial charge on any atom is 0.472 e. The van der Waals surface area contributed by atoms with Gasteiger partial charge in [0.2, 0.25) is 0 Å². The van der Waals surface area contributed by atoms with Crippen molar-refractivity contribution >= 4 is 39.5 Å². The Balaban J connectivity index is 5.28. The Morgan fingerprint density at radius 2 is 0.608 bits per heavy atom. The number of unbranched alkanes of at least 4 members (excludes halogenated alkanes) is 37. The second kappa shape index (κ2) is 68.0. The van der Waals surface area contributed by atoms with Crippen molar-refractivity contribution in [2.24, 2.45) is 17.8 Å². The van der Waals surface area contributed by atoms with Crippen LogP contribution in [0.3, 0.4) is 0 Å². The summed E-state index contributed by atoms with van der Waals surface area (Å²) in [4.78, 5) is 72.9. The highest BCUT2D eigenvalue weighted by atomic mass is 31.2. The molecule has 0 heterocycles. The second-order valence-electron chi connectivity index (χ2n) is 28.4. The summed E-state index contributed by atoms with van der Waals surface area (Å²) in [6, 6.07) is 0. The summed E-state index contributed by atoms with van der Waals surface area (Å²) in [6.07, 6.45) is 57.6. The molecule has 0 aliphatic rings. The molecule has 0 aliphatic carbocycles. The second-order valence-corrected chi connectivity index (χ2v) is 31.3. The first-order chi connectivity index (χ1) is 46.8. The maximum atomic E-state index is 13.1. The molecule has 0 spiro atoms.